The molecule has 3 aromatic carbocycles. The van der Waals surface area contributed by atoms with Crippen molar-refractivity contribution in [1.82, 2.24) is 10.2 Å². The molecule has 214 valence electrons. The van der Waals surface area contributed by atoms with Crippen LogP contribution in [0.25, 0.3) is 0 Å². The van der Waals surface area contributed by atoms with Crippen molar-refractivity contribution in [3.63, 3.8) is 0 Å². The first-order valence-electron chi connectivity index (χ1n) is 13.2. The van der Waals surface area contributed by atoms with Crippen LogP contribution in [0.15, 0.2) is 77.7 Å². The number of amides is 2. The molecule has 40 heavy (non-hydrogen) atoms. The van der Waals surface area contributed by atoms with E-state index in [9.17, 15) is 18.0 Å². The van der Waals surface area contributed by atoms with Crippen LogP contribution in [0.3, 0.4) is 0 Å². The molecule has 0 unspecified atom stereocenters. The SMILES string of the molecule is CC[C@@H](C)NC(=O)[C@H](CC)N(Cc1c(Cl)cccc1Cl)C(=O)CN(c1ccccc1)S(=O)(=O)c1ccc(C)cc1. The summed E-state index contributed by atoms with van der Waals surface area (Å²) >= 11 is 12.9. The fraction of sp³-hybridized carbons (Fsp3) is 0.333. The predicted octanol–water partition coefficient (Wildman–Crippen LogP) is 6.22. The molecule has 0 spiro atoms. The third-order valence-electron chi connectivity index (χ3n) is 6.71. The number of carbonyl (C=O) groups excluding carboxylic acids is 2. The summed E-state index contributed by atoms with van der Waals surface area (Å²) in [7, 11) is -4.13. The maximum absolute atomic E-state index is 14.1. The van der Waals surface area contributed by atoms with E-state index < -0.39 is 28.5 Å². The number of nitrogens with zero attached hydrogens (tertiary/aromatic N) is 2. The molecule has 1 N–H and O–H groups in total. The van der Waals surface area contributed by atoms with E-state index in [1.54, 1.807) is 67.6 Å². The van der Waals surface area contributed by atoms with Gasteiger partial charge in [0.2, 0.25) is 11.8 Å². The minimum Gasteiger partial charge on any atom is -0.352 e. The van der Waals surface area contributed by atoms with E-state index in [0.717, 1.165) is 9.87 Å². The van der Waals surface area contributed by atoms with Crippen LogP contribution in [0.1, 0.15) is 44.7 Å². The van der Waals surface area contributed by atoms with Crippen molar-refractivity contribution in [2.75, 3.05) is 10.8 Å². The first-order chi connectivity index (χ1) is 19.0. The van der Waals surface area contributed by atoms with Gasteiger partial charge < -0.3 is 10.2 Å². The largest absolute Gasteiger partial charge is 0.352 e. The summed E-state index contributed by atoms with van der Waals surface area (Å²) in [4.78, 5) is 28.9. The Morgan fingerprint density at radius 2 is 1.48 bits per heavy atom. The van der Waals surface area contributed by atoms with E-state index in [1.165, 1.54) is 17.0 Å². The summed E-state index contributed by atoms with van der Waals surface area (Å²) in [5.41, 5.74) is 1.70. The second-order valence-corrected chi connectivity index (χ2v) is 12.3. The fourth-order valence-electron chi connectivity index (χ4n) is 4.17. The molecule has 0 aromatic heterocycles. The Morgan fingerprint density at radius 1 is 0.875 bits per heavy atom. The normalized spacial score (nSPS) is 12.8. The van der Waals surface area contributed by atoms with Gasteiger partial charge in [0, 0.05) is 28.2 Å². The highest BCUT2D eigenvalue weighted by molar-refractivity contribution is 7.92. The average molecular weight is 605 g/mol. The number of rotatable bonds is 12. The second-order valence-electron chi connectivity index (χ2n) is 9.62. The average Bonchev–Trinajstić information content (AvgIpc) is 2.93. The number of nitrogens with one attached hydrogen (secondary N) is 1. The Hall–Kier alpha value is -3.07. The summed E-state index contributed by atoms with van der Waals surface area (Å²) in [5, 5.41) is 3.63. The zero-order valence-electron chi connectivity index (χ0n) is 23.1. The first-order valence-corrected chi connectivity index (χ1v) is 15.4. The smallest absolute Gasteiger partial charge is 0.264 e. The van der Waals surface area contributed by atoms with Crippen LogP contribution in [0.5, 0.6) is 0 Å². The molecule has 0 saturated carbocycles. The number of hydrogen-bond acceptors (Lipinski definition) is 4. The number of aryl methyl sites for hydroxylation is 1. The Labute approximate surface area is 247 Å². The molecule has 0 saturated heterocycles. The van der Waals surface area contributed by atoms with Crippen molar-refractivity contribution in [2.24, 2.45) is 0 Å². The van der Waals surface area contributed by atoms with E-state index >= 15 is 0 Å². The van der Waals surface area contributed by atoms with Crippen molar-refractivity contribution in [3.8, 4) is 0 Å². The zero-order valence-corrected chi connectivity index (χ0v) is 25.4. The quantitative estimate of drug-likeness (QED) is 0.266. The van der Waals surface area contributed by atoms with Crippen LogP contribution >= 0.6 is 23.2 Å². The van der Waals surface area contributed by atoms with Crippen LogP contribution < -0.4 is 9.62 Å². The van der Waals surface area contributed by atoms with Crippen LogP contribution in [-0.2, 0) is 26.2 Å². The summed E-state index contributed by atoms with van der Waals surface area (Å²) < 4.78 is 28.8. The molecule has 7 nitrogen and oxygen atoms in total. The molecule has 0 aliphatic rings. The monoisotopic (exact) mass is 603 g/mol. The van der Waals surface area contributed by atoms with Crippen LogP contribution in [0, 0.1) is 6.92 Å². The van der Waals surface area contributed by atoms with Gasteiger partial charge in [0.05, 0.1) is 10.6 Å². The summed E-state index contributed by atoms with van der Waals surface area (Å²) in [6.45, 7) is 6.89. The minimum atomic E-state index is -4.13. The highest BCUT2D eigenvalue weighted by atomic mass is 35.5. The standard InChI is InChI=1S/C30H35Cl2N3O4S/c1-5-22(4)33-30(37)28(6-2)34(19-25-26(31)13-10-14-27(25)32)29(36)20-35(23-11-8-7-9-12-23)40(38,39)24-17-15-21(3)16-18-24/h7-18,22,28H,5-6,19-20H2,1-4H3,(H,33,37)/t22-,28+/m1/s1. The van der Waals surface area contributed by atoms with Crippen molar-refractivity contribution < 1.29 is 18.0 Å². The van der Waals surface area contributed by atoms with Gasteiger partial charge in [-0.05, 0) is 63.1 Å². The molecule has 2 amide bonds. The van der Waals surface area contributed by atoms with Crippen LogP contribution in [0.4, 0.5) is 5.69 Å². The Balaban J connectivity index is 2.07. The number of benzene rings is 3. The van der Waals surface area contributed by atoms with Gasteiger partial charge in [-0.1, -0.05) is 79.0 Å². The summed E-state index contributed by atoms with van der Waals surface area (Å²) in [5.74, 6) is -0.900. The lowest BCUT2D eigenvalue weighted by Gasteiger charge is -2.34. The van der Waals surface area contributed by atoms with Gasteiger partial charge in [0.15, 0.2) is 0 Å². The van der Waals surface area contributed by atoms with Crippen LogP contribution in [-0.4, -0.2) is 43.8 Å². The van der Waals surface area contributed by atoms with E-state index in [2.05, 4.69) is 5.32 Å². The van der Waals surface area contributed by atoms with Gasteiger partial charge in [0.25, 0.3) is 10.0 Å². The molecular weight excluding hydrogens is 569 g/mol. The highest BCUT2D eigenvalue weighted by Crippen LogP contribution is 2.29. The van der Waals surface area contributed by atoms with E-state index in [-0.39, 0.29) is 23.4 Å². The van der Waals surface area contributed by atoms with Gasteiger partial charge in [-0.2, -0.15) is 0 Å². The van der Waals surface area contributed by atoms with Crippen molar-refractivity contribution in [1.29, 1.82) is 0 Å². The highest BCUT2D eigenvalue weighted by Gasteiger charge is 2.34. The number of para-hydroxylation sites is 1. The molecule has 2 atom stereocenters. The summed E-state index contributed by atoms with van der Waals surface area (Å²) in [6.07, 6.45) is 1.01. The lowest BCUT2D eigenvalue weighted by molar-refractivity contribution is -0.140. The Bertz CT molecular complexity index is 1400. The summed E-state index contributed by atoms with van der Waals surface area (Å²) in [6, 6.07) is 18.9. The fourth-order valence-corrected chi connectivity index (χ4v) is 6.11. The predicted molar refractivity (Wildman–Crippen MR) is 161 cm³/mol. The van der Waals surface area contributed by atoms with Gasteiger partial charge in [-0.3, -0.25) is 13.9 Å². The number of halogens is 2. The minimum absolute atomic E-state index is 0.0528. The van der Waals surface area contributed by atoms with E-state index in [4.69, 9.17) is 23.2 Å². The first kappa shape index (κ1) is 31.5. The Kier molecular flexibility index (Phi) is 11.0. The number of carbonyl (C=O) groups is 2. The van der Waals surface area contributed by atoms with Gasteiger partial charge in [-0.15, -0.1) is 0 Å². The number of anilines is 1. The molecule has 0 bridgehead atoms. The second kappa shape index (κ2) is 14.0. The topological polar surface area (TPSA) is 86.8 Å². The Morgan fingerprint density at radius 3 is 2.02 bits per heavy atom. The third-order valence-corrected chi connectivity index (χ3v) is 9.21. The molecule has 3 aromatic rings. The molecular formula is C30H35Cl2N3O4S. The maximum atomic E-state index is 14.1. The maximum Gasteiger partial charge on any atom is 0.264 e. The van der Waals surface area contributed by atoms with Gasteiger partial charge >= 0.3 is 0 Å². The number of sulfonamides is 1. The van der Waals surface area contributed by atoms with Crippen molar-refractivity contribution in [3.05, 3.63) is 94.0 Å². The van der Waals surface area contributed by atoms with Crippen LogP contribution in [0.2, 0.25) is 10.0 Å². The zero-order chi connectivity index (χ0) is 29.4. The molecule has 0 heterocycles. The van der Waals surface area contributed by atoms with E-state index in [0.29, 0.717) is 34.1 Å². The van der Waals surface area contributed by atoms with Gasteiger partial charge in [0.1, 0.15) is 12.6 Å². The van der Waals surface area contributed by atoms with Gasteiger partial charge in [-0.25, -0.2) is 8.42 Å². The molecule has 3 rings (SSSR count). The van der Waals surface area contributed by atoms with Crippen molar-refractivity contribution in [2.45, 2.75) is 64.1 Å². The van der Waals surface area contributed by atoms with Crippen molar-refractivity contribution >= 4 is 50.7 Å². The molecule has 10 heteroatoms. The lowest BCUT2D eigenvalue weighted by atomic mass is 10.1. The number of hydrogen-bond donors (Lipinski definition) is 1. The van der Waals surface area contributed by atoms with E-state index in [1.807, 2.05) is 20.8 Å². The lowest BCUT2D eigenvalue weighted by Crippen LogP contribution is -2.53. The molecule has 0 aliphatic heterocycles. The molecule has 0 aliphatic carbocycles. The third kappa shape index (κ3) is 7.56. The molecule has 0 radical (unpaired) electrons. The molecule has 0 fully saturated rings.